The molecule has 1 unspecified atom stereocenters. The molecule has 5 heteroatoms. The van der Waals surface area contributed by atoms with E-state index in [-0.39, 0.29) is 12.2 Å². The fraction of sp³-hybridized carbons (Fsp3) is 0.556. The summed E-state index contributed by atoms with van der Waals surface area (Å²) in [6.07, 6.45) is 7.34. The Hall–Kier alpha value is -1.88. The number of likely N-dealkylation sites (tertiary alicyclic amines) is 1. The molecule has 1 amide bonds. The summed E-state index contributed by atoms with van der Waals surface area (Å²) in [5.74, 6) is 0. The van der Waals surface area contributed by atoms with Crippen LogP contribution in [-0.2, 0) is 4.74 Å². The molecule has 23 heavy (non-hydrogen) atoms. The average molecular weight is 315 g/mol. The number of carbonyl (C=O) groups is 1. The van der Waals surface area contributed by atoms with Crippen LogP contribution in [0.15, 0.2) is 35.4 Å². The molecular formula is C18H25N3O2. The number of nitrogens with zero attached hydrogens (tertiary/aromatic N) is 3. The Morgan fingerprint density at radius 2 is 1.96 bits per heavy atom. The molecule has 1 aromatic carbocycles. The Morgan fingerprint density at radius 3 is 2.74 bits per heavy atom. The molecule has 124 valence electrons. The van der Waals surface area contributed by atoms with Crippen LogP contribution in [0.5, 0.6) is 0 Å². The molecule has 3 rings (SSSR count). The first-order valence-corrected chi connectivity index (χ1v) is 8.61. The van der Waals surface area contributed by atoms with Crippen LogP contribution < -0.4 is 0 Å². The molecule has 0 spiro atoms. The summed E-state index contributed by atoms with van der Waals surface area (Å²) in [6, 6.07) is 9.78. The summed E-state index contributed by atoms with van der Waals surface area (Å²) in [4.78, 5) is 14.4. The highest BCUT2D eigenvalue weighted by Gasteiger charge is 2.30. The first kappa shape index (κ1) is 16.0. The van der Waals surface area contributed by atoms with Gasteiger partial charge in [0.05, 0.1) is 12.8 Å². The van der Waals surface area contributed by atoms with E-state index in [1.165, 1.54) is 37.4 Å². The Balaban J connectivity index is 1.41. The summed E-state index contributed by atoms with van der Waals surface area (Å²) >= 11 is 0. The van der Waals surface area contributed by atoms with Gasteiger partial charge in [0.25, 0.3) is 0 Å². The van der Waals surface area contributed by atoms with Gasteiger partial charge in [-0.15, -0.1) is 0 Å². The number of ether oxygens (including phenoxy) is 1. The number of amides is 1. The number of hydrogen-bond donors (Lipinski definition) is 0. The first-order chi connectivity index (χ1) is 11.3. The number of cyclic esters (lactones) is 1. The predicted molar refractivity (Wildman–Crippen MR) is 90.5 cm³/mol. The van der Waals surface area contributed by atoms with Crippen molar-refractivity contribution < 1.29 is 9.53 Å². The molecule has 2 saturated heterocycles. The maximum atomic E-state index is 11.9. The monoisotopic (exact) mass is 315 g/mol. The van der Waals surface area contributed by atoms with E-state index in [1.807, 2.05) is 30.3 Å². The Labute approximate surface area is 137 Å². The number of carbonyl (C=O) groups excluding carboxylic acids is 1. The van der Waals surface area contributed by atoms with Crippen LogP contribution in [0, 0.1) is 0 Å². The van der Waals surface area contributed by atoms with Crippen molar-refractivity contribution in [2.45, 2.75) is 38.2 Å². The lowest BCUT2D eigenvalue weighted by atomic mass is 10.1. The molecule has 0 radical (unpaired) electrons. The molecule has 2 heterocycles. The number of rotatable bonds is 6. The lowest BCUT2D eigenvalue weighted by Gasteiger charge is -2.26. The molecule has 5 nitrogen and oxygen atoms in total. The number of hydrazone groups is 1. The van der Waals surface area contributed by atoms with E-state index in [0.29, 0.717) is 6.54 Å². The minimum atomic E-state index is -0.333. The number of piperidine rings is 1. The van der Waals surface area contributed by atoms with Gasteiger partial charge in [0.15, 0.2) is 0 Å². The van der Waals surface area contributed by atoms with Gasteiger partial charge >= 0.3 is 6.09 Å². The third-order valence-corrected chi connectivity index (χ3v) is 4.45. The normalized spacial score (nSPS) is 22.7. The zero-order valence-corrected chi connectivity index (χ0v) is 13.6. The average Bonchev–Trinajstić information content (AvgIpc) is 2.95. The van der Waals surface area contributed by atoms with Crippen molar-refractivity contribution in [3.63, 3.8) is 0 Å². The van der Waals surface area contributed by atoms with Gasteiger partial charge in [-0.2, -0.15) is 10.1 Å². The Bertz CT molecular complexity index is 526. The maximum Gasteiger partial charge on any atom is 0.430 e. The Morgan fingerprint density at radius 1 is 1.17 bits per heavy atom. The van der Waals surface area contributed by atoms with Gasteiger partial charge in [-0.05, 0) is 50.9 Å². The van der Waals surface area contributed by atoms with Gasteiger partial charge in [-0.1, -0.05) is 36.8 Å². The largest absolute Gasteiger partial charge is 0.443 e. The second kappa shape index (κ2) is 8.11. The van der Waals surface area contributed by atoms with Crippen molar-refractivity contribution in [3.05, 3.63) is 35.9 Å². The van der Waals surface area contributed by atoms with Crippen LogP contribution in [0.25, 0.3) is 0 Å². The number of benzene rings is 1. The summed E-state index contributed by atoms with van der Waals surface area (Å²) in [7, 11) is 0. The van der Waals surface area contributed by atoms with Crippen LogP contribution in [0.3, 0.4) is 0 Å². The summed E-state index contributed by atoms with van der Waals surface area (Å²) in [5, 5.41) is 5.68. The van der Waals surface area contributed by atoms with E-state index in [9.17, 15) is 4.79 Å². The summed E-state index contributed by atoms with van der Waals surface area (Å²) in [5.41, 5.74) is 0.980. The van der Waals surface area contributed by atoms with Crippen LogP contribution in [0.4, 0.5) is 4.79 Å². The second-order valence-electron chi connectivity index (χ2n) is 6.29. The molecular weight excluding hydrogens is 290 g/mol. The van der Waals surface area contributed by atoms with Crippen LogP contribution in [0.1, 0.15) is 37.7 Å². The molecule has 2 aliphatic heterocycles. The van der Waals surface area contributed by atoms with Gasteiger partial charge in [-0.3, -0.25) is 0 Å². The van der Waals surface area contributed by atoms with Crippen molar-refractivity contribution in [2.75, 3.05) is 26.2 Å². The van der Waals surface area contributed by atoms with E-state index in [1.54, 1.807) is 6.21 Å². The quantitative estimate of drug-likeness (QED) is 0.758. The lowest BCUT2D eigenvalue weighted by molar-refractivity contribution is 0.124. The number of hydrogen-bond acceptors (Lipinski definition) is 4. The van der Waals surface area contributed by atoms with Crippen LogP contribution in [-0.4, -0.2) is 54.5 Å². The predicted octanol–water partition coefficient (Wildman–Crippen LogP) is 3.11. The van der Waals surface area contributed by atoms with E-state index < -0.39 is 0 Å². The molecule has 1 aromatic rings. The SMILES string of the molecule is O=C1OC(CCCN2CCCCC2)CN1/N=C/c1ccccc1. The highest BCUT2D eigenvalue weighted by Crippen LogP contribution is 2.17. The van der Waals surface area contributed by atoms with Crippen LogP contribution in [0.2, 0.25) is 0 Å². The minimum absolute atomic E-state index is 0.0276. The van der Waals surface area contributed by atoms with E-state index in [4.69, 9.17) is 4.74 Å². The molecule has 2 fully saturated rings. The van der Waals surface area contributed by atoms with Crippen molar-refractivity contribution in [2.24, 2.45) is 5.10 Å². The van der Waals surface area contributed by atoms with E-state index in [0.717, 1.165) is 24.9 Å². The molecule has 0 bridgehead atoms. The van der Waals surface area contributed by atoms with Crippen molar-refractivity contribution in [3.8, 4) is 0 Å². The minimum Gasteiger partial charge on any atom is -0.443 e. The zero-order valence-electron chi connectivity index (χ0n) is 13.6. The molecule has 2 aliphatic rings. The second-order valence-corrected chi connectivity index (χ2v) is 6.29. The highest BCUT2D eigenvalue weighted by atomic mass is 16.6. The fourth-order valence-electron chi connectivity index (χ4n) is 3.15. The van der Waals surface area contributed by atoms with Gasteiger partial charge in [-0.25, -0.2) is 4.79 Å². The van der Waals surface area contributed by atoms with Gasteiger partial charge in [0, 0.05) is 0 Å². The third kappa shape index (κ3) is 4.79. The van der Waals surface area contributed by atoms with E-state index in [2.05, 4.69) is 10.0 Å². The molecule has 0 aromatic heterocycles. The summed E-state index contributed by atoms with van der Waals surface area (Å²) in [6.45, 7) is 4.11. The van der Waals surface area contributed by atoms with Gasteiger partial charge in [0.1, 0.15) is 6.10 Å². The highest BCUT2D eigenvalue weighted by molar-refractivity contribution is 5.81. The van der Waals surface area contributed by atoms with Crippen molar-refractivity contribution >= 4 is 12.3 Å². The zero-order chi connectivity index (χ0) is 15.9. The molecule has 0 aliphatic carbocycles. The van der Waals surface area contributed by atoms with Crippen molar-refractivity contribution in [1.29, 1.82) is 0 Å². The lowest BCUT2D eigenvalue weighted by Crippen LogP contribution is -2.31. The molecule has 0 saturated carbocycles. The first-order valence-electron chi connectivity index (χ1n) is 8.61. The molecule has 0 N–H and O–H groups in total. The van der Waals surface area contributed by atoms with E-state index >= 15 is 0 Å². The van der Waals surface area contributed by atoms with Crippen LogP contribution >= 0.6 is 0 Å². The summed E-state index contributed by atoms with van der Waals surface area (Å²) < 4.78 is 5.41. The maximum absolute atomic E-state index is 11.9. The molecule has 1 atom stereocenters. The van der Waals surface area contributed by atoms with Crippen molar-refractivity contribution in [1.82, 2.24) is 9.91 Å². The Kier molecular flexibility index (Phi) is 5.64. The fourth-order valence-corrected chi connectivity index (χ4v) is 3.15. The standard InChI is InChI=1S/C18H25N3O2/c22-18-21(19-14-16-8-3-1-4-9-16)15-17(23-18)10-7-13-20-11-5-2-6-12-20/h1,3-4,8-9,14,17H,2,5-7,10-13,15H2/b19-14+. The van der Waals surface area contributed by atoms with Gasteiger partial charge < -0.3 is 9.64 Å². The topological polar surface area (TPSA) is 45.1 Å². The smallest absolute Gasteiger partial charge is 0.430 e. The third-order valence-electron chi connectivity index (χ3n) is 4.45. The van der Waals surface area contributed by atoms with Gasteiger partial charge in [0.2, 0.25) is 0 Å².